The van der Waals surface area contributed by atoms with E-state index in [0.717, 1.165) is 51.4 Å². The number of likely N-dealkylation sites (tertiary alicyclic amines) is 1. The minimum Gasteiger partial charge on any atom is -0.314 e. The topological polar surface area (TPSA) is 25.0 Å². The van der Waals surface area contributed by atoms with E-state index in [2.05, 4.69) is 130 Å². The Kier molecular flexibility index (Phi) is 12.4. The molecule has 3 aromatic carbocycles. The molecule has 5 atom stereocenters. The van der Waals surface area contributed by atoms with Gasteiger partial charge in [-0.1, -0.05) is 111 Å². The zero-order valence-electron chi connectivity index (χ0n) is 28.6. The molecule has 3 aliphatic rings. The van der Waals surface area contributed by atoms with E-state index in [1.165, 1.54) is 75.2 Å². The summed E-state index contributed by atoms with van der Waals surface area (Å²) in [5, 5.41) is 3.70. The Labute approximate surface area is 280 Å². The number of nitrogens with zero attached hydrogens (tertiary/aromatic N) is 4. The molecule has 5 heteroatoms. The maximum absolute atomic E-state index is 3.70. The Hall–Kier alpha value is -2.54. The van der Waals surface area contributed by atoms with Gasteiger partial charge in [0.2, 0.25) is 0 Å². The van der Waals surface area contributed by atoms with Crippen molar-refractivity contribution in [1.29, 1.82) is 0 Å². The Morgan fingerprint density at radius 2 is 1.30 bits per heavy atom. The first-order chi connectivity index (χ1) is 22.6. The minimum atomic E-state index is 0.537. The van der Waals surface area contributed by atoms with Gasteiger partial charge in [-0.25, -0.2) is 0 Å². The van der Waals surface area contributed by atoms with E-state index in [1.54, 1.807) is 0 Å². The van der Waals surface area contributed by atoms with Gasteiger partial charge in [-0.05, 0) is 61.3 Å². The number of benzene rings is 3. The molecule has 6 rings (SSSR count). The van der Waals surface area contributed by atoms with Crippen LogP contribution in [0.3, 0.4) is 0 Å². The predicted molar refractivity (Wildman–Crippen MR) is 193 cm³/mol. The van der Waals surface area contributed by atoms with Gasteiger partial charge in [0.1, 0.15) is 0 Å². The van der Waals surface area contributed by atoms with Gasteiger partial charge < -0.3 is 5.32 Å². The van der Waals surface area contributed by atoms with Crippen molar-refractivity contribution in [2.45, 2.75) is 76.5 Å². The van der Waals surface area contributed by atoms with Crippen LogP contribution in [-0.2, 0) is 19.3 Å². The van der Waals surface area contributed by atoms with Gasteiger partial charge in [0, 0.05) is 83.1 Å². The summed E-state index contributed by atoms with van der Waals surface area (Å²) in [4.78, 5) is 11.4. The van der Waals surface area contributed by atoms with Gasteiger partial charge >= 0.3 is 0 Å². The van der Waals surface area contributed by atoms with Crippen LogP contribution in [0.4, 0.5) is 0 Å². The summed E-state index contributed by atoms with van der Waals surface area (Å²) in [7, 11) is 0. The van der Waals surface area contributed by atoms with Gasteiger partial charge in [-0.15, -0.1) is 0 Å². The van der Waals surface area contributed by atoms with Crippen molar-refractivity contribution in [3.05, 3.63) is 108 Å². The van der Waals surface area contributed by atoms with Crippen LogP contribution in [0, 0.1) is 5.92 Å². The van der Waals surface area contributed by atoms with Crippen molar-refractivity contribution in [2.75, 3.05) is 65.4 Å². The molecule has 3 heterocycles. The Morgan fingerprint density at radius 3 is 1.98 bits per heavy atom. The summed E-state index contributed by atoms with van der Waals surface area (Å²) < 4.78 is 0. The lowest BCUT2D eigenvalue weighted by molar-refractivity contribution is 0.0233. The monoisotopic (exact) mass is 621 g/mol. The number of nitrogens with one attached hydrogen (secondary N) is 1. The molecule has 0 aliphatic carbocycles. The van der Waals surface area contributed by atoms with E-state index < -0.39 is 0 Å². The molecule has 0 spiro atoms. The van der Waals surface area contributed by atoms with Gasteiger partial charge in [-0.3, -0.25) is 19.6 Å². The number of piperazine rings is 2. The normalized spacial score (nSPS) is 25.0. The maximum Gasteiger partial charge on any atom is 0.0264 e. The molecule has 46 heavy (non-hydrogen) atoms. The fourth-order valence-electron chi connectivity index (χ4n) is 8.31. The zero-order chi connectivity index (χ0) is 31.6. The molecular weight excluding hydrogens is 562 g/mol. The summed E-state index contributed by atoms with van der Waals surface area (Å²) in [6, 6.07) is 36.0. The molecule has 3 saturated heterocycles. The molecular formula is C41H59N5. The first kappa shape index (κ1) is 33.4. The van der Waals surface area contributed by atoms with Crippen molar-refractivity contribution < 1.29 is 0 Å². The molecule has 0 amide bonds. The third-order valence-electron chi connectivity index (χ3n) is 11.2. The van der Waals surface area contributed by atoms with Crippen molar-refractivity contribution in [3.63, 3.8) is 0 Å². The molecule has 0 radical (unpaired) electrons. The quantitative estimate of drug-likeness (QED) is 0.244. The van der Waals surface area contributed by atoms with Crippen LogP contribution in [-0.4, -0.2) is 109 Å². The van der Waals surface area contributed by atoms with Crippen molar-refractivity contribution >= 4 is 0 Å². The molecule has 0 bridgehead atoms. The standard InChI is InChI=1S/C41H59N5/c1-3-34(2)30-45-24-25-46(33-40(45)27-36-16-9-5-10-17-36)41(28-37-18-11-6-12-19-37)32-43-22-13-20-38(43)31-44-23-21-42-29-39(44)26-35-14-7-4-8-15-35/h4-12,14-19,34,38-42H,3,13,20-33H2,1-2H3/t34?,38?,39-,40-,41-/m0/s1. The molecule has 0 saturated carbocycles. The average Bonchev–Trinajstić information content (AvgIpc) is 3.53. The highest BCUT2D eigenvalue weighted by Gasteiger charge is 2.36. The molecule has 2 unspecified atom stereocenters. The molecule has 0 aromatic heterocycles. The lowest BCUT2D eigenvalue weighted by Gasteiger charge is -2.47. The van der Waals surface area contributed by atoms with E-state index >= 15 is 0 Å². The summed E-state index contributed by atoms with van der Waals surface area (Å²) in [5.74, 6) is 0.742. The van der Waals surface area contributed by atoms with Crippen molar-refractivity contribution in [3.8, 4) is 0 Å². The third-order valence-corrected chi connectivity index (χ3v) is 11.2. The van der Waals surface area contributed by atoms with Crippen LogP contribution in [0.25, 0.3) is 0 Å². The molecule has 248 valence electrons. The number of hydrogen-bond donors (Lipinski definition) is 1. The third kappa shape index (κ3) is 9.29. The summed E-state index contributed by atoms with van der Waals surface area (Å²) >= 11 is 0. The molecule has 3 aliphatic heterocycles. The van der Waals surface area contributed by atoms with Gasteiger partial charge in [0.15, 0.2) is 0 Å². The van der Waals surface area contributed by atoms with E-state index in [0.29, 0.717) is 24.2 Å². The fourth-order valence-corrected chi connectivity index (χ4v) is 8.31. The lowest BCUT2D eigenvalue weighted by atomic mass is 9.96. The summed E-state index contributed by atoms with van der Waals surface area (Å²) in [6.45, 7) is 16.5. The summed E-state index contributed by atoms with van der Waals surface area (Å²) in [6.07, 6.45) is 7.34. The second kappa shape index (κ2) is 17.0. The zero-order valence-corrected chi connectivity index (χ0v) is 28.6. The fraction of sp³-hybridized carbons (Fsp3) is 0.561. The van der Waals surface area contributed by atoms with Crippen molar-refractivity contribution in [2.24, 2.45) is 5.92 Å². The SMILES string of the molecule is CCC(C)CN1CCN([C@@H](Cc2ccccc2)CN2CCCC2CN2CCNC[C@@H]2Cc2ccccc2)C[C@@H]1Cc1ccccc1. The molecule has 3 fully saturated rings. The van der Waals surface area contributed by atoms with Crippen molar-refractivity contribution in [1.82, 2.24) is 24.9 Å². The van der Waals surface area contributed by atoms with Crippen LogP contribution in [0.2, 0.25) is 0 Å². The van der Waals surface area contributed by atoms with Gasteiger partial charge in [0.25, 0.3) is 0 Å². The first-order valence-corrected chi connectivity index (χ1v) is 18.4. The number of hydrogen-bond acceptors (Lipinski definition) is 5. The second-order valence-electron chi connectivity index (χ2n) is 14.5. The molecule has 3 aromatic rings. The first-order valence-electron chi connectivity index (χ1n) is 18.4. The van der Waals surface area contributed by atoms with E-state index in [9.17, 15) is 0 Å². The van der Waals surface area contributed by atoms with E-state index in [4.69, 9.17) is 0 Å². The molecule has 5 nitrogen and oxygen atoms in total. The van der Waals surface area contributed by atoms with Gasteiger partial charge in [-0.2, -0.15) is 0 Å². The van der Waals surface area contributed by atoms with Crippen LogP contribution < -0.4 is 5.32 Å². The lowest BCUT2D eigenvalue weighted by Crippen LogP contribution is -2.60. The highest BCUT2D eigenvalue weighted by Crippen LogP contribution is 2.26. The van der Waals surface area contributed by atoms with E-state index in [1.807, 2.05) is 0 Å². The van der Waals surface area contributed by atoms with Crippen LogP contribution in [0.15, 0.2) is 91.0 Å². The molecule has 1 N–H and O–H groups in total. The van der Waals surface area contributed by atoms with Crippen LogP contribution in [0.1, 0.15) is 49.8 Å². The average molecular weight is 622 g/mol. The summed E-state index contributed by atoms with van der Waals surface area (Å²) in [5.41, 5.74) is 4.42. The second-order valence-corrected chi connectivity index (χ2v) is 14.5. The van der Waals surface area contributed by atoms with Gasteiger partial charge in [0.05, 0.1) is 0 Å². The largest absolute Gasteiger partial charge is 0.314 e. The smallest absolute Gasteiger partial charge is 0.0264 e. The predicted octanol–water partition coefficient (Wildman–Crippen LogP) is 5.85. The van der Waals surface area contributed by atoms with Crippen LogP contribution in [0.5, 0.6) is 0 Å². The Bertz CT molecular complexity index is 1270. The highest BCUT2D eigenvalue weighted by atomic mass is 15.3. The Morgan fingerprint density at radius 1 is 0.674 bits per heavy atom. The minimum absolute atomic E-state index is 0.537. The number of rotatable bonds is 14. The highest BCUT2D eigenvalue weighted by molar-refractivity contribution is 5.19. The van der Waals surface area contributed by atoms with E-state index in [-0.39, 0.29) is 0 Å². The Balaban J connectivity index is 1.16. The maximum atomic E-state index is 3.70. The van der Waals surface area contributed by atoms with Crippen LogP contribution >= 0.6 is 0 Å².